The van der Waals surface area contributed by atoms with Crippen molar-refractivity contribution >= 4 is 5.69 Å². The number of benzene rings is 1. The van der Waals surface area contributed by atoms with Crippen molar-refractivity contribution in [2.75, 3.05) is 51.3 Å². The fourth-order valence-electron chi connectivity index (χ4n) is 2.84. The summed E-state index contributed by atoms with van der Waals surface area (Å²) in [6.45, 7) is 17.1. The number of para-hydroxylation sites is 2. The fourth-order valence-corrected chi connectivity index (χ4v) is 2.84. The van der Waals surface area contributed by atoms with Crippen molar-refractivity contribution < 1.29 is 9.22 Å². The lowest BCUT2D eigenvalue weighted by Gasteiger charge is -2.38. The number of hydrogen-bond acceptors (Lipinski definition) is 2. The van der Waals surface area contributed by atoms with Gasteiger partial charge in [0.1, 0.15) is 5.75 Å². The summed E-state index contributed by atoms with van der Waals surface area (Å²) in [7, 11) is 1.74. The number of nitrogens with zero attached hydrogens (tertiary/aromatic N) is 2. The lowest BCUT2D eigenvalue weighted by molar-refractivity contribution is -0.918. The van der Waals surface area contributed by atoms with E-state index in [1.165, 1.54) is 5.69 Å². The lowest BCUT2D eigenvalue weighted by atomic mass is 10.2. The van der Waals surface area contributed by atoms with E-state index in [2.05, 4.69) is 44.4 Å². The third kappa shape index (κ3) is 4.50. The summed E-state index contributed by atoms with van der Waals surface area (Å²) < 4.78 is 6.59. The average Bonchev–Trinajstić information content (AvgIpc) is 2.54. The Balaban J connectivity index is 2.84. The minimum absolute atomic E-state index is 0.953. The molecule has 0 N–H and O–H groups in total. The second-order valence-electron chi connectivity index (χ2n) is 5.42. The van der Waals surface area contributed by atoms with Gasteiger partial charge in [-0.15, -0.1) is 0 Å². The zero-order valence-electron chi connectivity index (χ0n) is 14.1. The standard InChI is InChI=1S/C18H31N2O/c1-6-15-20(8-3,9-4)16-14-19(7-2)17-12-10-11-13-18(17)21-5/h6,10-13H,1,7-9,14-16H2,2-5H3/q+1. The minimum atomic E-state index is 0.953. The Labute approximate surface area is 130 Å². The van der Waals surface area contributed by atoms with Gasteiger partial charge in [0, 0.05) is 6.54 Å². The van der Waals surface area contributed by atoms with Gasteiger partial charge in [0.25, 0.3) is 0 Å². The normalized spacial score (nSPS) is 11.2. The van der Waals surface area contributed by atoms with E-state index in [1.807, 2.05) is 18.2 Å². The third-order valence-electron chi connectivity index (χ3n) is 4.51. The predicted molar refractivity (Wildman–Crippen MR) is 92.2 cm³/mol. The van der Waals surface area contributed by atoms with Crippen LogP contribution in [0, 0.1) is 0 Å². The van der Waals surface area contributed by atoms with Crippen LogP contribution in [-0.2, 0) is 0 Å². The molecule has 0 saturated heterocycles. The summed E-state index contributed by atoms with van der Waals surface area (Å²) in [4.78, 5) is 2.40. The fraction of sp³-hybridized carbons (Fsp3) is 0.556. The van der Waals surface area contributed by atoms with Crippen LogP contribution in [0.25, 0.3) is 0 Å². The zero-order valence-corrected chi connectivity index (χ0v) is 14.1. The molecule has 0 atom stereocenters. The first-order valence-corrected chi connectivity index (χ1v) is 8.00. The van der Waals surface area contributed by atoms with E-state index >= 15 is 0 Å². The first-order valence-electron chi connectivity index (χ1n) is 8.00. The molecule has 0 heterocycles. The second-order valence-corrected chi connectivity index (χ2v) is 5.42. The Hall–Kier alpha value is -1.48. The summed E-state index contributed by atoms with van der Waals surface area (Å²) in [6.07, 6.45) is 2.05. The Morgan fingerprint density at radius 3 is 2.38 bits per heavy atom. The number of quaternary nitrogens is 1. The Morgan fingerprint density at radius 1 is 1.19 bits per heavy atom. The molecule has 3 heteroatoms. The molecular formula is C18H31N2O+. The highest BCUT2D eigenvalue weighted by Crippen LogP contribution is 2.27. The molecule has 0 aromatic heterocycles. The van der Waals surface area contributed by atoms with E-state index < -0.39 is 0 Å². The average molecular weight is 291 g/mol. The van der Waals surface area contributed by atoms with Crippen molar-refractivity contribution in [1.29, 1.82) is 0 Å². The van der Waals surface area contributed by atoms with Gasteiger partial charge in [0.15, 0.2) is 0 Å². The summed E-state index contributed by atoms with van der Waals surface area (Å²) in [5, 5.41) is 0. The highest BCUT2D eigenvalue weighted by atomic mass is 16.5. The van der Waals surface area contributed by atoms with E-state index in [4.69, 9.17) is 4.74 Å². The number of anilines is 1. The summed E-state index contributed by atoms with van der Waals surface area (Å²) in [5.41, 5.74) is 1.19. The zero-order chi connectivity index (χ0) is 15.7. The van der Waals surface area contributed by atoms with Gasteiger partial charge in [0.05, 0.1) is 45.5 Å². The van der Waals surface area contributed by atoms with Gasteiger partial charge < -0.3 is 14.1 Å². The van der Waals surface area contributed by atoms with E-state index in [1.54, 1.807) is 7.11 Å². The van der Waals surface area contributed by atoms with Crippen molar-refractivity contribution in [3.63, 3.8) is 0 Å². The van der Waals surface area contributed by atoms with Gasteiger partial charge in [-0.3, -0.25) is 0 Å². The van der Waals surface area contributed by atoms with Crippen LogP contribution in [0.2, 0.25) is 0 Å². The highest BCUT2D eigenvalue weighted by molar-refractivity contribution is 5.58. The molecule has 0 unspecified atom stereocenters. The number of likely N-dealkylation sites (N-methyl/N-ethyl adjacent to an activating group) is 2. The highest BCUT2D eigenvalue weighted by Gasteiger charge is 2.23. The van der Waals surface area contributed by atoms with Crippen LogP contribution in [0.15, 0.2) is 36.9 Å². The Kier molecular flexibility index (Phi) is 7.30. The second kappa shape index (κ2) is 8.73. The van der Waals surface area contributed by atoms with E-state index in [9.17, 15) is 0 Å². The molecule has 0 spiro atoms. The first-order chi connectivity index (χ1) is 10.2. The van der Waals surface area contributed by atoms with Crippen LogP contribution in [0.5, 0.6) is 5.75 Å². The van der Waals surface area contributed by atoms with E-state index in [0.717, 1.165) is 49.5 Å². The SMILES string of the molecule is C=CC[N+](CC)(CC)CCN(CC)c1ccccc1OC. The van der Waals surface area contributed by atoms with Crippen LogP contribution >= 0.6 is 0 Å². The molecular weight excluding hydrogens is 260 g/mol. The summed E-state index contributed by atoms with van der Waals surface area (Å²) >= 11 is 0. The largest absolute Gasteiger partial charge is 0.495 e. The van der Waals surface area contributed by atoms with Gasteiger partial charge in [-0.25, -0.2) is 0 Å². The van der Waals surface area contributed by atoms with Gasteiger partial charge in [0.2, 0.25) is 0 Å². The molecule has 0 aliphatic heterocycles. The number of rotatable bonds is 10. The monoisotopic (exact) mass is 291 g/mol. The van der Waals surface area contributed by atoms with Crippen molar-refractivity contribution in [3.05, 3.63) is 36.9 Å². The maximum absolute atomic E-state index is 5.50. The molecule has 118 valence electrons. The molecule has 0 aliphatic carbocycles. The molecule has 1 rings (SSSR count). The molecule has 0 radical (unpaired) electrons. The summed E-state index contributed by atoms with van der Waals surface area (Å²) in [6, 6.07) is 8.27. The molecule has 1 aromatic rings. The number of hydrogen-bond donors (Lipinski definition) is 0. The van der Waals surface area contributed by atoms with Crippen molar-refractivity contribution in [1.82, 2.24) is 0 Å². The van der Waals surface area contributed by atoms with Crippen LogP contribution in [0.4, 0.5) is 5.69 Å². The molecule has 0 amide bonds. The van der Waals surface area contributed by atoms with Crippen LogP contribution in [0.1, 0.15) is 20.8 Å². The maximum atomic E-state index is 5.50. The molecule has 0 saturated carbocycles. The smallest absolute Gasteiger partial charge is 0.142 e. The maximum Gasteiger partial charge on any atom is 0.142 e. The predicted octanol–water partition coefficient (Wildman–Crippen LogP) is 3.56. The molecule has 3 nitrogen and oxygen atoms in total. The van der Waals surface area contributed by atoms with Crippen molar-refractivity contribution in [3.8, 4) is 5.75 Å². The van der Waals surface area contributed by atoms with Crippen LogP contribution in [0.3, 0.4) is 0 Å². The van der Waals surface area contributed by atoms with Crippen LogP contribution < -0.4 is 9.64 Å². The minimum Gasteiger partial charge on any atom is -0.495 e. The van der Waals surface area contributed by atoms with E-state index in [0.29, 0.717) is 0 Å². The Morgan fingerprint density at radius 2 is 1.86 bits per heavy atom. The van der Waals surface area contributed by atoms with Gasteiger partial charge >= 0.3 is 0 Å². The van der Waals surface area contributed by atoms with Crippen LogP contribution in [-0.4, -0.2) is 50.9 Å². The lowest BCUT2D eigenvalue weighted by Crippen LogP contribution is -2.51. The third-order valence-corrected chi connectivity index (χ3v) is 4.51. The molecule has 21 heavy (non-hydrogen) atoms. The van der Waals surface area contributed by atoms with Gasteiger partial charge in [-0.2, -0.15) is 0 Å². The molecule has 0 bridgehead atoms. The van der Waals surface area contributed by atoms with Gasteiger partial charge in [-0.1, -0.05) is 18.7 Å². The molecule has 0 fully saturated rings. The van der Waals surface area contributed by atoms with Crippen molar-refractivity contribution in [2.24, 2.45) is 0 Å². The number of ether oxygens (including phenoxy) is 1. The van der Waals surface area contributed by atoms with E-state index in [-0.39, 0.29) is 0 Å². The molecule has 1 aromatic carbocycles. The Bertz CT molecular complexity index is 427. The van der Waals surface area contributed by atoms with Crippen molar-refractivity contribution in [2.45, 2.75) is 20.8 Å². The number of methoxy groups -OCH3 is 1. The topological polar surface area (TPSA) is 12.5 Å². The van der Waals surface area contributed by atoms with Gasteiger partial charge in [-0.05, 0) is 39.0 Å². The molecule has 0 aliphatic rings. The summed E-state index contributed by atoms with van der Waals surface area (Å²) in [5.74, 6) is 0.953. The quantitative estimate of drug-likeness (QED) is 0.483. The first kappa shape index (κ1) is 17.6.